The lowest BCUT2D eigenvalue weighted by molar-refractivity contribution is -0.137. The Morgan fingerprint density at radius 1 is 0.797 bits per heavy atom. The second kappa shape index (κ2) is 19.0. The molecule has 4 aromatic carbocycles. The van der Waals surface area contributed by atoms with Crippen LogP contribution in [0.2, 0.25) is 0 Å². The van der Waals surface area contributed by atoms with E-state index in [0.717, 1.165) is 85.9 Å². The molecule has 0 bridgehead atoms. The first-order chi connectivity index (χ1) is 28.8. The van der Waals surface area contributed by atoms with Gasteiger partial charge in [0.05, 0.1) is 6.04 Å². The van der Waals surface area contributed by atoms with Crippen molar-refractivity contribution in [1.82, 2.24) is 20.4 Å². The highest BCUT2D eigenvalue weighted by molar-refractivity contribution is 6.18. The van der Waals surface area contributed by atoms with Gasteiger partial charge in [0.1, 0.15) is 23.9 Å². The van der Waals surface area contributed by atoms with E-state index in [4.69, 9.17) is 16.3 Å². The molecule has 3 fully saturated rings. The maximum absolute atomic E-state index is 12.5. The van der Waals surface area contributed by atoms with Gasteiger partial charge >= 0.3 is 0 Å². The number of phenols is 2. The maximum Gasteiger partial charge on any atom is 0.243 e. The molecule has 4 N–H and O–H groups in total. The van der Waals surface area contributed by atoms with E-state index in [-0.39, 0.29) is 29.4 Å². The summed E-state index contributed by atoms with van der Waals surface area (Å²) in [6, 6.07) is 29.7. The van der Waals surface area contributed by atoms with E-state index in [2.05, 4.69) is 55.7 Å². The number of nitrogens with one attached hydrogen (secondary N) is 2. The average Bonchev–Trinajstić information content (AvgIpc) is 3.68. The molecule has 59 heavy (non-hydrogen) atoms. The number of imide groups is 1. The highest BCUT2D eigenvalue weighted by atomic mass is 35.5. The van der Waals surface area contributed by atoms with Crippen LogP contribution in [0.15, 0.2) is 91.0 Å². The number of halogens is 1. The molecular weight excluding hydrogens is 762 g/mol. The van der Waals surface area contributed by atoms with E-state index in [1.165, 1.54) is 42.5 Å². The van der Waals surface area contributed by atoms with E-state index in [9.17, 15) is 19.8 Å². The molecule has 0 aliphatic carbocycles. The predicted octanol–water partition coefficient (Wildman–Crippen LogP) is 7.16. The number of hydrogen-bond acceptors (Lipinski definition) is 9. The second-order valence-corrected chi connectivity index (χ2v) is 16.9. The highest BCUT2D eigenvalue weighted by Crippen LogP contribution is 2.37. The fourth-order valence-corrected chi connectivity index (χ4v) is 9.49. The Morgan fingerprint density at radius 3 is 2.17 bits per heavy atom. The van der Waals surface area contributed by atoms with Gasteiger partial charge in [-0.05, 0) is 152 Å². The van der Waals surface area contributed by atoms with E-state index >= 15 is 0 Å². The molecule has 11 heteroatoms. The minimum absolute atomic E-state index is 0.157. The summed E-state index contributed by atoms with van der Waals surface area (Å²) in [4.78, 5) is 31.4. The molecule has 0 spiro atoms. The van der Waals surface area contributed by atoms with Crippen LogP contribution in [-0.2, 0) is 22.7 Å². The second-order valence-electron chi connectivity index (χ2n) is 16.6. The summed E-state index contributed by atoms with van der Waals surface area (Å²) in [6.07, 6.45) is 6.39. The van der Waals surface area contributed by atoms with Gasteiger partial charge in [0.15, 0.2) is 0 Å². The highest BCUT2D eigenvalue weighted by Gasteiger charge is 2.35. The molecule has 2 atom stereocenters. The van der Waals surface area contributed by atoms with Gasteiger partial charge in [0, 0.05) is 56.8 Å². The minimum Gasteiger partial charge on any atom is -0.508 e. The lowest BCUT2D eigenvalue weighted by Crippen LogP contribution is -2.50. The normalized spacial score (nSPS) is 20.9. The molecule has 4 aromatic rings. The fraction of sp³-hybridized carbons (Fsp3) is 0.417. The number of phenolic OH excluding ortho intramolecular Hbond substituents is 2. The third-order valence-electron chi connectivity index (χ3n) is 12.6. The molecule has 310 valence electrons. The van der Waals surface area contributed by atoms with Crippen LogP contribution in [0.4, 0.5) is 5.69 Å². The van der Waals surface area contributed by atoms with Crippen molar-refractivity contribution in [3.63, 3.8) is 0 Å². The number of nitrogens with zero attached hydrogens (tertiary/aromatic N) is 3. The monoisotopic (exact) mass is 817 g/mol. The van der Waals surface area contributed by atoms with Crippen LogP contribution in [0.5, 0.6) is 17.2 Å². The van der Waals surface area contributed by atoms with Gasteiger partial charge in [-0.15, -0.1) is 11.6 Å². The van der Waals surface area contributed by atoms with Crippen molar-refractivity contribution in [2.45, 2.75) is 70.1 Å². The maximum atomic E-state index is 12.5. The summed E-state index contributed by atoms with van der Waals surface area (Å²) in [6.45, 7) is 8.33. The number of hydrogen-bond donors (Lipinski definition) is 4. The zero-order valence-electron chi connectivity index (χ0n) is 33.8. The van der Waals surface area contributed by atoms with Gasteiger partial charge in [-0.25, -0.2) is 0 Å². The number of carbonyl (C=O) groups is 2. The Hall–Kier alpha value is -4.87. The molecule has 0 radical (unpaired) electrons. The van der Waals surface area contributed by atoms with Crippen LogP contribution in [0, 0.1) is 5.92 Å². The Labute approximate surface area is 352 Å². The molecular formula is C48H56ClN5O5. The molecule has 1 unspecified atom stereocenters. The van der Waals surface area contributed by atoms with Crippen molar-refractivity contribution < 1.29 is 24.5 Å². The number of alkyl halides is 1. The first-order valence-corrected chi connectivity index (χ1v) is 21.8. The summed E-state index contributed by atoms with van der Waals surface area (Å²) in [5.41, 5.74) is 8.93. The number of anilines is 1. The Morgan fingerprint density at radius 2 is 1.47 bits per heavy atom. The van der Waals surface area contributed by atoms with Crippen LogP contribution in [0.25, 0.3) is 11.1 Å². The summed E-state index contributed by atoms with van der Waals surface area (Å²) in [7, 11) is 0. The third kappa shape index (κ3) is 10.1. The SMILES string of the molecule is O=C1CCC(N2Cc3ccc(N4CCC[C@@H](NCC5CCN(CCOc6ccc(C(=C(CCCl)c7ccc(O)cc7)c7ccc(O)cc7)cc6)CC5)C4)cc3C2)C(=O)N1. The Bertz CT molecular complexity index is 2100. The van der Waals surface area contributed by atoms with Crippen molar-refractivity contribution in [2.75, 3.05) is 56.7 Å². The molecule has 3 saturated heterocycles. The molecule has 4 aliphatic rings. The van der Waals surface area contributed by atoms with Crippen LogP contribution >= 0.6 is 11.6 Å². The lowest BCUT2D eigenvalue weighted by atomic mass is 9.88. The van der Waals surface area contributed by atoms with E-state index in [0.29, 0.717) is 43.7 Å². The zero-order chi connectivity index (χ0) is 40.7. The molecule has 10 nitrogen and oxygen atoms in total. The third-order valence-corrected chi connectivity index (χ3v) is 12.8. The molecule has 0 saturated carbocycles. The first-order valence-electron chi connectivity index (χ1n) is 21.3. The van der Waals surface area contributed by atoms with Gasteiger partial charge in [-0.1, -0.05) is 42.5 Å². The van der Waals surface area contributed by atoms with E-state index < -0.39 is 0 Å². The minimum atomic E-state index is -0.228. The van der Waals surface area contributed by atoms with Crippen LogP contribution in [0.1, 0.15) is 72.8 Å². The Kier molecular flexibility index (Phi) is 13.2. The van der Waals surface area contributed by atoms with Crippen LogP contribution in [0.3, 0.4) is 0 Å². The molecule has 4 aliphatic heterocycles. The smallest absolute Gasteiger partial charge is 0.243 e. The van der Waals surface area contributed by atoms with E-state index in [1.807, 2.05) is 36.4 Å². The average molecular weight is 818 g/mol. The number of rotatable bonds is 14. The standard InChI is InChI=1S/C48H56ClN5O5/c49-22-19-44(34-4-11-41(55)12-5-34)47(35-6-13-42(56)14-7-35)36-8-15-43(16-9-36)59-27-26-52-24-20-33(21-25-52)29-50-39-2-1-23-53(32-39)40-10-3-37-30-54(31-38(37)28-40)45-17-18-46(57)51-48(45)58/h3-16,28,33,39,45,50,55-56H,1-2,17-27,29-32H2,(H,51,57,58)/t39-,45?/m1/s1. The summed E-state index contributed by atoms with van der Waals surface area (Å²) >= 11 is 6.32. The number of benzene rings is 4. The number of fused-ring (bicyclic) bond motifs is 1. The van der Waals surface area contributed by atoms with Gasteiger partial charge in [-0.2, -0.15) is 0 Å². The van der Waals surface area contributed by atoms with Crippen molar-refractivity contribution in [3.05, 3.63) is 119 Å². The number of ether oxygens (including phenoxy) is 1. The Balaban J connectivity index is 0.788. The van der Waals surface area contributed by atoms with Gasteiger partial charge in [0.25, 0.3) is 0 Å². The largest absolute Gasteiger partial charge is 0.508 e. The van der Waals surface area contributed by atoms with E-state index in [1.54, 1.807) is 24.3 Å². The van der Waals surface area contributed by atoms with Crippen molar-refractivity contribution in [3.8, 4) is 17.2 Å². The zero-order valence-corrected chi connectivity index (χ0v) is 34.5. The number of aromatic hydroxyl groups is 2. The van der Waals surface area contributed by atoms with Gasteiger partial charge < -0.3 is 25.2 Å². The first kappa shape index (κ1) is 40.9. The lowest BCUT2D eigenvalue weighted by Gasteiger charge is -2.37. The summed E-state index contributed by atoms with van der Waals surface area (Å²) in [5.74, 6) is 2.06. The molecule has 2 amide bonds. The predicted molar refractivity (Wildman–Crippen MR) is 234 cm³/mol. The molecule has 8 rings (SSSR count). The fourth-order valence-electron chi connectivity index (χ4n) is 9.31. The van der Waals surface area contributed by atoms with Gasteiger partial charge in [-0.3, -0.25) is 24.7 Å². The number of amides is 2. The topological polar surface area (TPSA) is 118 Å². The molecule has 0 aromatic heterocycles. The van der Waals surface area contributed by atoms with Crippen molar-refractivity contribution in [1.29, 1.82) is 0 Å². The van der Waals surface area contributed by atoms with Gasteiger partial charge in [0.2, 0.25) is 11.8 Å². The quantitative estimate of drug-likeness (QED) is 0.0598. The van der Waals surface area contributed by atoms with Crippen LogP contribution in [-0.4, -0.2) is 95.7 Å². The van der Waals surface area contributed by atoms with Crippen molar-refractivity contribution in [2.24, 2.45) is 5.92 Å². The molecule has 4 heterocycles. The number of likely N-dealkylation sites (tertiary alicyclic amines) is 1. The number of carbonyl (C=O) groups excluding carboxylic acids is 2. The van der Waals surface area contributed by atoms with Crippen LogP contribution < -0.4 is 20.3 Å². The van der Waals surface area contributed by atoms with Crippen molar-refractivity contribution >= 4 is 40.2 Å². The number of allylic oxidation sites excluding steroid dienone is 1. The summed E-state index contributed by atoms with van der Waals surface area (Å²) in [5, 5.41) is 26.4. The summed E-state index contributed by atoms with van der Waals surface area (Å²) < 4.78 is 6.25. The number of piperidine rings is 3.